The van der Waals surface area contributed by atoms with E-state index in [4.69, 9.17) is 0 Å². The SMILES string of the molecule is CCC(=O)C1C(=O)CC(c2c(C)cc(C)c(SC)c2C)CC1=O. The highest BCUT2D eigenvalue weighted by molar-refractivity contribution is 7.98. The first-order valence-corrected chi connectivity index (χ1v) is 9.27. The van der Waals surface area contributed by atoms with Crippen LogP contribution in [0, 0.1) is 26.7 Å². The normalized spacial score (nSPS) is 21.6. The zero-order valence-corrected chi connectivity index (χ0v) is 15.3. The molecule has 0 aromatic heterocycles. The first-order valence-electron chi connectivity index (χ1n) is 8.04. The summed E-state index contributed by atoms with van der Waals surface area (Å²) in [4.78, 5) is 37.9. The number of thioether (sulfide) groups is 1. The maximum Gasteiger partial charge on any atom is 0.151 e. The Morgan fingerprint density at radius 3 is 2.17 bits per heavy atom. The Balaban J connectivity index is 2.41. The van der Waals surface area contributed by atoms with Crippen LogP contribution in [0.15, 0.2) is 11.0 Å². The molecule has 1 aromatic rings. The van der Waals surface area contributed by atoms with Gasteiger partial charge in [0.15, 0.2) is 17.3 Å². The van der Waals surface area contributed by atoms with E-state index < -0.39 is 5.92 Å². The van der Waals surface area contributed by atoms with Crippen LogP contribution in [-0.2, 0) is 14.4 Å². The molecule has 1 saturated carbocycles. The van der Waals surface area contributed by atoms with Crippen LogP contribution in [0.1, 0.15) is 54.4 Å². The van der Waals surface area contributed by atoms with Crippen molar-refractivity contribution in [2.75, 3.05) is 6.26 Å². The number of carbonyl (C=O) groups excluding carboxylic acids is 3. The van der Waals surface area contributed by atoms with Gasteiger partial charge in [0.25, 0.3) is 0 Å². The third-order valence-corrected chi connectivity index (χ3v) is 5.82. The molecular formula is C19H24O3S. The van der Waals surface area contributed by atoms with Crippen molar-refractivity contribution in [2.45, 2.75) is 57.8 Å². The average molecular weight is 332 g/mol. The van der Waals surface area contributed by atoms with E-state index >= 15 is 0 Å². The van der Waals surface area contributed by atoms with Crippen LogP contribution >= 0.6 is 11.8 Å². The molecule has 0 unspecified atom stereocenters. The van der Waals surface area contributed by atoms with E-state index in [1.54, 1.807) is 18.7 Å². The Hall–Kier alpha value is -1.42. The summed E-state index contributed by atoms with van der Waals surface area (Å²) in [5.41, 5.74) is 4.64. The Morgan fingerprint density at radius 1 is 1.13 bits per heavy atom. The Bertz CT molecular complexity index is 658. The van der Waals surface area contributed by atoms with Gasteiger partial charge in [0.2, 0.25) is 0 Å². The number of rotatable bonds is 4. The molecule has 0 atom stereocenters. The monoisotopic (exact) mass is 332 g/mol. The van der Waals surface area contributed by atoms with Crippen molar-refractivity contribution in [3.63, 3.8) is 0 Å². The lowest BCUT2D eigenvalue weighted by molar-refractivity contribution is -0.142. The zero-order chi connectivity index (χ0) is 17.3. The van der Waals surface area contributed by atoms with Crippen molar-refractivity contribution < 1.29 is 14.4 Å². The number of aryl methyl sites for hydroxylation is 2. The van der Waals surface area contributed by atoms with Gasteiger partial charge in [-0.2, -0.15) is 0 Å². The maximum absolute atomic E-state index is 12.4. The molecule has 0 amide bonds. The zero-order valence-electron chi connectivity index (χ0n) is 14.5. The lowest BCUT2D eigenvalue weighted by Crippen LogP contribution is -2.38. The quantitative estimate of drug-likeness (QED) is 0.619. The largest absolute Gasteiger partial charge is 0.298 e. The number of ketones is 3. The van der Waals surface area contributed by atoms with Gasteiger partial charge in [-0.15, -0.1) is 11.8 Å². The summed E-state index contributed by atoms with van der Waals surface area (Å²) in [6.45, 7) is 7.90. The van der Waals surface area contributed by atoms with E-state index in [-0.39, 0.29) is 29.7 Å². The molecule has 0 heterocycles. The van der Waals surface area contributed by atoms with Gasteiger partial charge in [0.05, 0.1) is 0 Å². The second-order valence-electron chi connectivity index (χ2n) is 6.37. The summed E-state index contributed by atoms with van der Waals surface area (Å²) in [7, 11) is 0. The van der Waals surface area contributed by atoms with Crippen molar-refractivity contribution in [3.8, 4) is 0 Å². The predicted molar refractivity (Wildman–Crippen MR) is 93.2 cm³/mol. The molecule has 0 N–H and O–H groups in total. The number of hydrogen-bond donors (Lipinski definition) is 0. The van der Waals surface area contributed by atoms with Gasteiger partial charge in [-0.3, -0.25) is 14.4 Å². The summed E-state index contributed by atoms with van der Waals surface area (Å²) in [6.07, 6.45) is 2.87. The van der Waals surface area contributed by atoms with Crippen molar-refractivity contribution in [1.29, 1.82) is 0 Å². The molecule has 0 radical (unpaired) electrons. The summed E-state index contributed by atoms with van der Waals surface area (Å²) in [5.74, 6) is -1.75. The molecule has 1 aliphatic carbocycles. The number of benzene rings is 1. The molecule has 124 valence electrons. The molecule has 1 aliphatic rings. The standard InChI is InChI=1S/C19H24O3S/c1-6-14(20)18-15(21)8-13(9-16(18)22)17-10(2)7-11(3)19(23-5)12(17)4/h7,13,18H,6,8-9H2,1-5H3. The van der Waals surface area contributed by atoms with Crippen molar-refractivity contribution in [1.82, 2.24) is 0 Å². The molecule has 3 nitrogen and oxygen atoms in total. The van der Waals surface area contributed by atoms with E-state index in [9.17, 15) is 14.4 Å². The fourth-order valence-electron chi connectivity index (χ4n) is 3.86. The van der Waals surface area contributed by atoms with Gasteiger partial charge >= 0.3 is 0 Å². The minimum atomic E-state index is -1.01. The van der Waals surface area contributed by atoms with Crippen LogP contribution in [0.5, 0.6) is 0 Å². The van der Waals surface area contributed by atoms with E-state index in [2.05, 4.69) is 19.9 Å². The molecule has 0 bridgehead atoms. The first-order chi connectivity index (χ1) is 10.8. The van der Waals surface area contributed by atoms with Gasteiger partial charge in [-0.25, -0.2) is 0 Å². The Kier molecular flexibility index (Phi) is 5.45. The second kappa shape index (κ2) is 7.00. The summed E-state index contributed by atoms with van der Waals surface area (Å²) in [6, 6.07) is 2.13. The van der Waals surface area contributed by atoms with Gasteiger partial charge in [-0.05, 0) is 55.2 Å². The van der Waals surface area contributed by atoms with Gasteiger partial charge in [-0.1, -0.05) is 13.0 Å². The smallest absolute Gasteiger partial charge is 0.151 e. The maximum atomic E-state index is 12.4. The van der Waals surface area contributed by atoms with Crippen LogP contribution in [0.2, 0.25) is 0 Å². The summed E-state index contributed by atoms with van der Waals surface area (Å²) in [5, 5.41) is 0. The molecule has 1 aromatic carbocycles. The molecule has 0 saturated heterocycles. The highest BCUT2D eigenvalue weighted by Crippen LogP contribution is 2.39. The minimum Gasteiger partial charge on any atom is -0.298 e. The molecule has 4 heteroatoms. The highest BCUT2D eigenvalue weighted by Gasteiger charge is 2.40. The second-order valence-corrected chi connectivity index (χ2v) is 7.19. The lowest BCUT2D eigenvalue weighted by atomic mass is 9.73. The molecule has 0 aliphatic heterocycles. The molecule has 1 fully saturated rings. The minimum absolute atomic E-state index is 0.0950. The third kappa shape index (κ3) is 3.27. The van der Waals surface area contributed by atoms with E-state index in [1.807, 2.05) is 13.2 Å². The molecule has 0 spiro atoms. The van der Waals surface area contributed by atoms with E-state index in [0.29, 0.717) is 12.8 Å². The van der Waals surface area contributed by atoms with Crippen molar-refractivity contribution in [3.05, 3.63) is 28.3 Å². The Labute approximate surface area is 142 Å². The topological polar surface area (TPSA) is 51.2 Å². The molecule has 2 rings (SSSR count). The molecular weight excluding hydrogens is 308 g/mol. The Morgan fingerprint density at radius 2 is 1.70 bits per heavy atom. The van der Waals surface area contributed by atoms with Crippen LogP contribution in [0.4, 0.5) is 0 Å². The van der Waals surface area contributed by atoms with Gasteiger partial charge in [0.1, 0.15) is 5.92 Å². The van der Waals surface area contributed by atoms with Gasteiger partial charge < -0.3 is 0 Å². The third-order valence-electron chi connectivity index (χ3n) is 4.78. The van der Waals surface area contributed by atoms with Crippen LogP contribution in [-0.4, -0.2) is 23.6 Å². The fraction of sp³-hybridized carbons (Fsp3) is 0.526. The van der Waals surface area contributed by atoms with Crippen molar-refractivity contribution >= 4 is 29.1 Å². The highest BCUT2D eigenvalue weighted by atomic mass is 32.2. The lowest BCUT2D eigenvalue weighted by Gasteiger charge is -2.29. The summed E-state index contributed by atoms with van der Waals surface area (Å²) < 4.78 is 0. The first kappa shape index (κ1) is 17.9. The van der Waals surface area contributed by atoms with Crippen LogP contribution in [0.3, 0.4) is 0 Å². The number of hydrogen-bond acceptors (Lipinski definition) is 4. The number of Topliss-reactive ketones (excluding diaryl/α,β-unsaturated/α-hetero) is 3. The summed E-state index contributed by atoms with van der Waals surface area (Å²) >= 11 is 1.70. The van der Waals surface area contributed by atoms with Crippen LogP contribution < -0.4 is 0 Å². The number of carbonyl (C=O) groups is 3. The van der Waals surface area contributed by atoms with E-state index in [1.165, 1.54) is 16.0 Å². The van der Waals surface area contributed by atoms with Crippen molar-refractivity contribution in [2.24, 2.45) is 5.92 Å². The molecule has 23 heavy (non-hydrogen) atoms. The predicted octanol–water partition coefficient (Wildman–Crippen LogP) is 3.94. The average Bonchev–Trinajstić information content (AvgIpc) is 2.46. The van der Waals surface area contributed by atoms with E-state index in [0.717, 1.165) is 11.1 Å². The van der Waals surface area contributed by atoms with Gasteiger partial charge in [0, 0.05) is 24.2 Å². The fourth-order valence-corrected chi connectivity index (χ4v) is 4.66. The van der Waals surface area contributed by atoms with Crippen LogP contribution in [0.25, 0.3) is 0 Å².